The standard InChI is InChI=1S/C18H15ClN4O4/c1-11-3-5-14(6-4-11)27-15-8-12(7-13(9-15)23(25)26)20-18(24)17-16(19)10-22(2)21-17/h3-10H,1-2H3,(H,20,24). The molecular weight excluding hydrogens is 372 g/mol. The topological polar surface area (TPSA) is 99.3 Å². The van der Waals surface area contributed by atoms with E-state index in [0.717, 1.165) is 5.56 Å². The summed E-state index contributed by atoms with van der Waals surface area (Å²) in [5.74, 6) is 0.156. The van der Waals surface area contributed by atoms with Crippen molar-refractivity contribution in [3.8, 4) is 11.5 Å². The molecule has 0 unspecified atom stereocenters. The van der Waals surface area contributed by atoms with E-state index in [4.69, 9.17) is 16.3 Å². The van der Waals surface area contributed by atoms with E-state index < -0.39 is 10.8 Å². The van der Waals surface area contributed by atoms with Gasteiger partial charge in [0.15, 0.2) is 5.69 Å². The zero-order chi connectivity index (χ0) is 19.6. The van der Waals surface area contributed by atoms with Crippen LogP contribution in [-0.2, 0) is 7.05 Å². The summed E-state index contributed by atoms with van der Waals surface area (Å²) in [7, 11) is 1.63. The van der Waals surface area contributed by atoms with Crippen LogP contribution in [0.25, 0.3) is 0 Å². The Balaban J connectivity index is 1.89. The third-order valence-corrected chi connectivity index (χ3v) is 3.89. The largest absolute Gasteiger partial charge is 0.457 e. The lowest BCUT2D eigenvalue weighted by molar-refractivity contribution is -0.384. The van der Waals surface area contributed by atoms with Crippen molar-refractivity contribution < 1.29 is 14.5 Å². The van der Waals surface area contributed by atoms with Crippen LogP contribution in [0.5, 0.6) is 11.5 Å². The van der Waals surface area contributed by atoms with Crippen molar-refractivity contribution in [3.05, 3.63) is 75.1 Å². The number of hydrogen-bond acceptors (Lipinski definition) is 5. The number of ether oxygens (including phenoxy) is 1. The van der Waals surface area contributed by atoms with Crippen molar-refractivity contribution in [3.63, 3.8) is 0 Å². The minimum absolute atomic E-state index is 0.0201. The molecule has 1 amide bonds. The summed E-state index contributed by atoms with van der Waals surface area (Å²) in [6, 6.07) is 11.2. The van der Waals surface area contributed by atoms with Crippen LogP contribution in [-0.4, -0.2) is 20.6 Å². The Morgan fingerprint density at radius 1 is 1.22 bits per heavy atom. The van der Waals surface area contributed by atoms with Crippen LogP contribution in [0, 0.1) is 17.0 Å². The van der Waals surface area contributed by atoms with Gasteiger partial charge in [0.1, 0.15) is 11.5 Å². The van der Waals surface area contributed by atoms with Crippen molar-refractivity contribution in [2.75, 3.05) is 5.32 Å². The fraction of sp³-hybridized carbons (Fsp3) is 0.111. The Morgan fingerprint density at radius 2 is 1.93 bits per heavy atom. The highest BCUT2D eigenvalue weighted by atomic mass is 35.5. The SMILES string of the molecule is Cc1ccc(Oc2cc(NC(=O)c3nn(C)cc3Cl)cc([N+](=O)[O-])c2)cc1. The second kappa shape index (κ2) is 7.46. The number of benzene rings is 2. The fourth-order valence-electron chi connectivity index (χ4n) is 2.37. The highest BCUT2D eigenvalue weighted by Gasteiger charge is 2.18. The summed E-state index contributed by atoms with van der Waals surface area (Å²) in [5.41, 5.74) is 1.05. The molecule has 0 spiro atoms. The molecule has 0 aliphatic carbocycles. The third kappa shape index (κ3) is 4.42. The molecule has 0 saturated carbocycles. The van der Waals surface area contributed by atoms with Gasteiger partial charge in [-0.1, -0.05) is 29.3 Å². The number of nitro groups is 1. The first-order valence-corrected chi connectivity index (χ1v) is 8.24. The number of aromatic nitrogens is 2. The lowest BCUT2D eigenvalue weighted by Crippen LogP contribution is -2.13. The first-order valence-electron chi connectivity index (χ1n) is 7.86. The van der Waals surface area contributed by atoms with E-state index >= 15 is 0 Å². The van der Waals surface area contributed by atoms with E-state index in [2.05, 4.69) is 10.4 Å². The molecule has 0 aliphatic rings. The summed E-state index contributed by atoms with van der Waals surface area (Å²) in [4.78, 5) is 23.0. The van der Waals surface area contributed by atoms with Gasteiger partial charge in [0.2, 0.25) is 0 Å². The molecule has 0 bridgehead atoms. The highest BCUT2D eigenvalue weighted by Crippen LogP contribution is 2.30. The molecular formula is C18H15ClN4O4. The molecule has 8 nitrogen and oxygen atoms in total. The number of rotatable bonds is 5. The Labute approximate surface area is 159 Å². The van der Waals surface area contributed by atoms with Gasteiger partial charge in [-0.25, -0.2) is 0 Å². The first kappa shape index (κ1) is 18.4. The van der Waals surface area contributed by atoms with Gasteiger partial charge in [0.05, 0.1) is 21.7 Å². The molecule has 0 aliphatic heterocycles. The molecule has 9 heteroatoms. The molecule has 0 fully saturated rings. The minimum Gasteiger partial charge on any atom is -0.457 e. The molecule has 138 valence electrons. The maximum atomic E-state index is 12.4. The smallest absolute Gasteiger partial charge is 0.277 e. The second-order valence-electron chi connectivity index (χ2n) is 5.84. The maximum Gasteiger partial charge on any atom is 0.277 e. The Bertz CT molecular complexity index is 1010. The van der Waals surface area contributed by atoms with Crippen molar-refractivity contribution in [1.29, 1.82) is 0 Å². The van der Waals surface area contributed by atoms with Crippen LogP contribution in [0.2, 0.25) is 5.02 Å². The fourth-order valence-corrected chi connectivity index (χ4v) is 2.63. The Hall–Kier alpha value is -3.39. The number of carbonyl (C=O) groups excluding carboxylic acids is 1. The van der Waals surface area contributed by atoms with Gasteiger partial charge < -0.3 is 10.1 Å². The number of carbonyl (C=O) groups is 1. The molecule has 2 aromatic carbocycles. The predicted molar refractivity (Wildman–Crippen MR) is 101 cm³/mol. The zero-order valence-corrected chi connectivity index (χ0v) is 15.2. The summed E-state index contributed by atoms with van der Waals surface area (Å²) < 4.78 is 7.08. The molecule has 3 aromatic rings. The summed E-state index contributed by atoms with van der Waals surface area (Å²) >= 11 is 5.96. The van der Waals surface area contributed by atoms with Crippen molar-refractivity contribution in [2.24, 2.45) is 7.05 Å². The van der Waals surface area contributed by atoms with E-state index in [0.29, 0.717) is 5.75 Å². The van der Waals surface area contributed by atoms with Gasteiger partial charge in [-0.2, -0.15) is 5.10 Å². The van der Waals surface area contributed by atoms with Crippen LogP contribution >= 0.6 is 11.6 Å². The Kier molecular flexibility index (Phi) is 5.09. The molecule has 27 heavy (non-hydrogen) atoms. The highest BCUT2D eigenvalue weighted by molar-refractivity contribution is 6.34. The lowest BCUT2D eigenvalue weighted by Gasteiger charge is -2.09. The molecule has 3 rings (SSSR count). The van der Waals surface area contributed by atoms with E-state index in [-0.39, 0.29) is 27.8 Å². The molecule has 0 radical (unpaired) electrons. The molecule has 1 aromatic heterocycles. The van der Waals surface area contributed by atoms with Crippen molar-refractivity contribution in [1.82, 2.24) is 9.78 Å². The molecule has 1 N–H and O–H groups in total. The number of non-ortho nitro benzene ring substituents is 1. The summed E-state index contributed by atoms with van der Waals surface area (Å²) in [6.45, 7) is 1.94. The monoisotopic (exact) mass is 386 g/mol. The van der Waals surface area contributed by atoms with Gasteiger partial charge >= 0.3 is 0 Å². The normalized spacial score (nSPS) is 10.5. The average Bonchev–Trinajstić information content (AvgIpc) is 2.95. The van der Waals surface area contributed by atoms with Crippen molar-refractivity contribution in [2.45, 2.75) is 6.92 Å². The van der Waals surface area contributed by atoms with E-state index in [1.165, 1.54) is 29.1 Å². The van der Waals surface area contributed by atoms with Crippen LogP contribution in [0.1, 0.15) is 16.1 Å². The van der Waals surface area contributed by atoms with Crippen LogP contribution in [0.3, 0.4) is 0 Å². The van der Waals surface area contributed by atoms with E-state index in [1.54, 1.807) is 19.2 Å². The number of nitro benzene ring substituents is 1. The van der Waals surface area contributed by atoms with Gasteiger partial charge in [-0.15, -0.1) is 0 Å². The molecule has 0 saturated heterocycles. The molecule has 0 atom stereocenters. The van der Waals surface area contributed by atoms with Gasteiger partial charge in [0.25, 0.3) is 11.6 Å². The van der Waals surface area contributed by atoms with Crippen LogP contribution < -0.4 is 10.1 Å². The second-order valence-corrected chi connectivity index (χ2v) is 6.25. The summed E-state index contributed by atoms with van der Waals surface area (Å²) in [5, 5.41) is 17.9. The molecule has 1 heterocycles. The lowest BCUT2D eigenvalue weighted by atomic mass is 10.2. The predicted octanol–water partition coefficient (Wildman–Crippen LogP) is 4.33. The number of nitrogens with one attached hydrogen (secondary N) is 1. The average molecular weight is 387 g/mol. The van der Waals surface area contributed by atoms with Crippen LogP contribution in [0.4, 0.5) is 11.4 Å². The van der Waals surface area contributed by atoms with E-state index in [9.17, 15) is 14.9 Å². The number of amides is 1. The maximum absolute atomic E-state index is 12.4. The zero-order valence-electron chi connectivity index (χ0n) is 14.5. The first-order chi connectivity index (χ1) is 12.8. The van der Waals surface area contributed by atoms with Gasteiger partial charge in [-0.05, 0) is 19.1 Å². The van der Waals surface area contributed by atoms with Gasteiger partial charge in [0, 0.05) is 25.4 Å². The number of hydrogen-bond donors (Lipinski definition) is 1. The number of halogens is 1. The van der Waals surface area contributed by atoms with E-state index in [1.807, 2.05) is 19.1 Å². The van der Waals surface area contributed by atoms with Crippen LogP contribution in [0.15, 0.2) is 48.7 Å². The van der Waals surface area contributed by atoms with Crippen molar-refractivity contribution >= 4 is 28.9 Å². The number of aryl methyl sites for hydroxylation is 2. The summed E-state index contributed by atoms with van der Waals surface area (Å²) in [6.07, 6.45) is 1.48. The third-order valence-electron chi connectivity index (χ3n) is 3.62. The quantitative estimate of drug-likeness (QED) is 0.519. The minimum atomic E-state index is -0.581. The number of nitrogens with zero attached hydrogens (tertiary/aromatic N) is 3. The van der Waals surface area contributed by atoms with Gasteiger partial charge in [-0.3, -0.25) is 19.6 Å². The Morgan fingerprint density at radius 3 is 2.52 bits per heavy atom. The number of anilines is 1.